The topological polar surface area (TPSA) is 93.8 Å². The fraction of sp³-hybridized carbons (Fsp3) is 0.231. The fourth-order valence-electron chi connectivity index (χ4n) is 1.73. The highest BCUT2D eigenvalue weighted by Gasteiger charge is 2.16. The molecule has 1 aromatic heterocycles. The van der Waals surface area contributed by atoms with Crippen molar-refractivity contribution >= 4 is 5.97 Å². The van der Waals surface area contributed by atoms with Gasteiger partial charge in [0.25, 0.3) is 0 Å². The largest absolute Gasteiger partial charge is 0.493 e. The fourth-order valence-corrected chi connectivity index (χ4v) is 1.73. The maximum atomic E-state index is 11.2. The lowest BCUT2D eigenvalue weighted by Crippen LogP contribution is -2.09. The Bertz CT molecular complexity index is 609. The highest BCUT2D eigenvalue weighted by Crippen LogP contribution is 2.24. The number of rotatable bonds is 6. The smallest absolute Gasteiger partial charge is 0.336 e. The third-order valence-electron chi connectivity index (χ3n) is 2.58. The zero-order chi connectivity index (χ0) is 14.5. The van der Waals surface area contributed by atoms with Crippen molar-refractivity contribution in [1.29, 1.82) is 0 Å². The van der Waals surface area contributed by atoms with E-state index in [4.69, 9.17) is 14.7 Å². The summed E-state index contributed by atoms with van der Waals surface area (Å²) in [5.74, 6) is -0.413. The van der Waals surface area contributed by atoms with Gasteiger partial charge in [0.2, 0.25) is 5.88 Å². The van der Waals surface area contributed by atoms with Crippen LogP contribution in [0.25, 0.3) is 0 Å². The molecule has 0 aliphatic carbocycles. The van der Waals surface area contributed by atoms with E-state index in [1.165, 1.54) is 18.3 Å². The van der Waals surface area contributed by atoms with Crippen LogP contribution in [0.5, 0.6) is 11.6 Å². The van der Waals surface area contributed by atoms with Gasteiger partial charge in [-0.25, -0.2) is 4.79 Å². The van der Waals surface area contributed by atoms with Gasteiger partial charge in [0.15, 0.2) is 0 Å². The monoisotopic (exact) mass is 278 g/mol. The van der Waals surface area contributed by atoms with Gasteiger partial charge in [-0.2, -0.15) is 0 Å². The number of hydrogen-bond acceptors (Lipinski definition) is 5. The number of carboxylic acid groups (broad SMARTS) is 1. The van der Waals surface area contributed by atoms with Crippen molar-refractivity contribution in [2.75, 3.05) is 6.61 Å². The van der Waals surface area contributed by atoms with E-state index in [9.17, 15) is 9.90 Å². The van der Waals surface area contributed by atoms with E-state index in [0.717, 1.165) is 0 Å². The molecule has 0 aliphatic rings. The summed E-state index contributed by atoms with van der Waals surface area (Å²) in [6, 6.07) is 6.23. The van der Waals surface area contributed by atoms with E-state index in [2.05, 4.69) is 5.10 Å². The van der Waals surface area contributed by atoms with E-state index in [-0.39, 0.29) is 18.1 Å². The Morgan fingerprint density at radius 3 is 2.75 bits per heavy atom. The molecule has 1 heterocycles. The van der Waals surface area contributed by atoms with Crippen molar-refractivity contribution in [1.82, 2.24) is 9.94 Å². The molecule has 1 aromatic carbocycles. The van der Waals surface area contributed by atoms with Crippen molar-refractivity contribution in [2.45, 2.75) is 13.5 Å². The second-order valence-corrected chi connectivity index (χ2v) is 3.88. The second-order valence-electron chi connectivity index (χ2n) is 3.88. The maximum absolute atomic E-state index is 11.2. The normalized spacial score (nSPS) is 10.2. The van der Waals surface area contributed by atoms with Crippen molar-refractivity contribution in [3.05, 3.63) is 41.6 Å². The molecule has 0 aliphatic heterocycles. The molecule has 106 valence electrons. The summed E-state index contributed by atoms with van der Waals surface area (Å²) in [7, 11) is 0. The van der Waals surface area contributed by atoms with Crippen LogP contribution in [-0.4, -0.2) is 32.8 Å². The SMILES string of the molecule is CCOc1cccc(C(=O)O)c1COc1ccn(O)n1. The molecule has 2 aromatic rings. The van der Waals surface area contributed by atoms with Crippen LogP contribution in [-0.2, 0) is 6.61 Å². The minimum atomic E-state index is -1.06. The number of carbonyl (C=O) groups is 1. The number of aromatic nitrogens is 2. The molecule has 0 amide bonds. The van der Waals surface area contributed by atoms with Gasteiger partial charge in [0.05, 0.1) is 18.4 Å². The maximum Gasteiger partial charge on any atom is 0.336 e. The molecular weight excluding hydrogens is 264 g/mol. The predicted molar refractivity (Wildman–Crippen MR) is 68.3 cm³/mol. The molecule has 0 saturated heterocycles. The van der Waals surface area contributed by atoms with E-state index in [1.54, 1.807) is 12.1 Å². The Balaban J connectivity index is 2.25. The third kappa shape index (κ3) is 3.00. The molecule has 0 saturated carbocycles. The molecule has 7 heteroatoms. The van der Waals surface area contributed by atoms with Crippen molar-refractivity contribution < 1.29 is 24.6 Å². The molecule has 0 radical (unpaired) electrons. The van der Waals surface area contributed by atoms with Crippen molar-refractivity contribution in [3.8, 4) is 11.6 Å². The summed E-state index contributed by atoms with van der Waals surface area (Å²) >= 11 is 0. The molecule has 0 atom stereocenters. The van der Waals surface area contributed by atoms with Crippen LogP contribution >= 0.6 is 0 Å². The van der Waals surface area contributed by atoms with E-state index < -0.39 is 5.97 Å². The zero-order valence-electron chi connectivity index (χ0n) is 10.8. The van der Waals surface area contributed by atoms with Crippen LogP contribution in [0.15, 0.2) is 30.5 Å². The molecular formula is C13H14N2O5. The Morgan fingerprint density at radius 1 is 1.35 bits per heavy atom. The van der Waals surface area contributed by atoms with Gasteiger partial charge >= 0.3 is 5.97 Å². The second kappa shape index (κ2) is 5.96. The van der Waals surface area contributed by atoms with Gasteiger partial charge in [-0.15, -0.1) is 4.85 Å². The summed E-state index contributed by atoms with van der Waals surface area (Å²) in [5.41, 5.74) is 0.536. The number of carboxylic acids is 1. The van der Waals surface area contributed by atoms with Crippen molar-refractivity contribution in [2.24, 2.45) is 0 Å². The standard InChI is InChI=1S/C13H14N2O5/c1-2-19-11-5-3-4-9(13(16)17)10(11)8-20-12-6-7-15(18)14-12/h3-7,18H,2,8H2,1H3,(H,16,17). The number of nitrogens with zero attached hydrogens (tertiary/aromatic N) is 2. The number of aromatic carboxylic acids is 1. The average molecular weight is 278 g/mol. The lowest BCUT2D eigenvalue weighted by atomic mass is 10.1. The predicted octanol–water partition coefficient (Wildman–Crippen LogP) is 1.80. The van der Waals surface area contributed by atoms with Gasteiger partial charge in [0.1, 0.15) is 12.4 Å². The summed E-state index contributed by atoms with van der Waals surface area (Å²) in [5, 5.41) is 21.9. The minimum absolute atomic E-state index is 0.0190. The van der Waals surface area contributed by atoms with Gasteiger partial charge in [-0.05, 0) is 19.1 Å². The van der Waals surface area contributed by atoms with Crippen LogP contribution in [0.3, 0.4) is 0 Å². The Kier molecular flexibility index (Phi) is 4.09. The molecule has 0 bridgehead atoms. The molecule has 2 N–H and O–H groups in total. The van der Waals surface area contributed by atoms with Crippen LogP contribution in [0.4, 0.5) is 0 Å². The Hall–Kier alpha value is -2.70. The van der Waals surface area contributed by atoms with Gasteiger partial charge in [-0.3, -0.25) is 0 Å². The quantitative estimate of drug-likeness (QED) is 0.782. The molecule has 20 heavy (non-hydrogen) atoms. The van der Waals surface area contributed by atoms with E-state index in [0.29, 0.717) is 22.8 Å². The van der Waals surface area contributed by atoms with Gasteiger partial charge in [-0.1, -0.05) is 11.2 Å². The Morgan fingerprint density at radius 2 is 2.15 bits per heavy atom. The first-order chi connectivity index (χ1) is 9.61. The summed E-state index contributed by atoms with van der Waals surface area (Å²) < 4.78 is 10.8. The highest BCUT2D eigenvalue weighted by atomic mass is 16.5. The summed E-state index contributed by atoms with van der Waals surface area (Å²) in [6.45, 7) is 2.21. The molecule has 7 nitrogen and oxygen atoms in total. The number of ether oxygens (including phenoxy) is 2. The van der Waals surface area contributed by atoms with E-state index >= 15 is 0 Å². The van der Waals surface area contributed by atoms with Crippen LogP contribution in [0, 0.1) is 0 Å². The molecule has 0 spiro atoms. The lowest BCUT2D eigenvalue weighted by Gasteiger charge is -2.12. The van der Waals surface area contributed by atoms with Crippen LogP contribution in [0.2, 0.25) is 0 Å². The Labute approximate surface area is 114 Å². The van der Waals surface area contributed by atoms with E-state index in [1.807, 2.05) is 6.92 Å². The third-order valence-corrected chi connectivity index (χ3v) is 2.58. The van der Waals surface area contributed by atoms with Crippen molar-refractivity contribution in [3.63, 3.8) is 0 Å². The minimum Gasteiger partial charge on any atom is -0.493 e. The average Bonchev–Trinajstić information content (AvgIpc) is 2.83. The first kappa shape index (κ1) is 13.7. The summed E-state index contributed by atoms with van der Waals surface area (Å²) in [4.78, 5) is 11.8. The highest BCUT2D eigenvalue weighted by molar-refractivity contribution is 5.90. The first-order valence-corrected chi connectivity index (χ1v) is 5.97. The first-order valence-electron chi connectivity index (χ1n) is 5.97. The van der Waals surface area contributed by atoms with Gasteiger partial charge < -0.3 is 19.8 Å². The number of benzene rings is 1. The summed E-state index contributed by atoms with van der Waals surface area (Å²) in [6.07, 6.45) is 1.31. The zero-order valence-corrected chi connectivity index (χ0v) is 10.8. The molecule has 0 unspecified atom stereocenters. The molecule has 2 rings (SSSR count). The van der Waals surface area contributed by atoms with Crippen LogP contribution in [0.1, 0.15) is 22.8 Å². The molecule has 0 fully saturated rings. The van der Waals surface area contributed by atoms with Crippen LogP contribution < -0.4 is 9.47 Å². The lowest BCUT2D eigenvalue weighted by molar-refractivity contribution is 0.0692. The number of hydrogen-bond donors (Lipinski definition) is 2. The van der Waals surface area contributed by atoms with Gasteiger partial charge in [0, 0.05) is 11.6 Å².